The van der Waals surface area contributed by atoms with Gasteiger partial charge in [-0.3, -0.25) is 9.98 Å². The van der Waals surface area contributed by atoms with Crippen LogP contribution in [0.5, 0.6) is 0 Å². The van der Waals surface area contributed by atoms with E-state index in [1.54, 1.807) is 0 Å². The van der Waals surface area contributed by atoms with Crippen molar-refractivity contribution in [1.29, 1.82) is 0 Å². The summed E-state index contributed by atoms with van der Waals surface area (Å²) >= 11 is 0. The van der Waals surface area contributed by atoms with Crippen molar-refractivity contribution in [3.8, 4) is 0 Å². The van der Waals surface area contributed by atoms with E-state index in [2.05, 4.69) is 9.98 Å². The van der Waals surface area contributed by atoms with Crippen LogP contribution in [0.15, 0.2) is 9.98 Å². The van der Waals surface area contributed by atoms with Crippen LogP contribution in [0.1, 0.15) is 19.3 Å². The maximum absolute atomic E-state index is 10.7. The molecule has 0 amide bonds. The van der Waals surface area contributed by atoms with E-state index in [0.717, 1.165) is 0 Å². The Kier molecular flexibility index (Phi) is 49.8. The summed E-state index contributed by atoms with van der Waals surface area (Å²) in [4.78, 5) is 87.0. The normalized spacial score (nSPS) is 15.6. The molecule has 0 aliphatic rings. The molecule has 0 rings (SSSR count). The van der Waals surface area contributed by atoms with Crippen molar-refractivity contribution < 1.29 is 366 Å². The standard InChI is InChI=1S/C7H18N2O12P4.6K/c10-22(11,12)6(23(13,14)15)8-4-2-1-3-5-9-7(24(16,17)18)25(19,20)21;;;;;;/h1-5H2,(H2,10,11,12)(H2,13,14,15)(H2,16,17,18)(H2,19,20,21);;;;;;/q;6*+1/p-6. The van der Waals surface area contributed by atoms with E-state index in [1.165, 1.54) is 0 Å². The zero-order chi connectivity index (χ0) is 20.1. The third-order valence-electron chi connectivity index (χ3n) is 2.32. The molecule has 2 N–H and O–H groups in total. The van der Waals surface area contributed by atoms with Gasteiger partial charge in [0.2, 0.25) is 0 Å². The second kappa shape index (κ2) is 27.3. The Labute approximate surface area is 434 Å². The summed E-state index contributed by atoms with van der Waals surface area (Å²) < 4.78 is 42.7. The van der Waals surface area contributed by atoms with Crippen molar-refractivity contribution in [2.24, 2.45) is 9.98 Å². The average molecular weight is 675 g/mol. The second-order valence-electron chi connectivity index (χ2n) is 4.46. The van der Waals surface area contributed by atoms with Gasteiger partial charge in [-0.15, -0.1) is 0 Å². The third kappa shape index (κ3) is 29.6. The molecule has 0 spiro atoms. The minimum Gasteiger partial charge on any atom is -0.806 e. The zero-order valence-electron chi connectivity index (χ0n) is 18.2. The molecule has 0 fully saturated rings. The molecule has 0 aromatic rings. The van der Waals surface area contributed by atoms with Crippen LogP contribution >= 0.6 is 30.4 Å². The van der Waals surface area contributed by atoms with Crippen LogP contribution in [0.2, 0.25) is 0 Å². The van der Waals surface area contributed by atoms with Gasteiger partial charge in [-0.25, -0.2) is 0 Å². The van der Waals surface area contributed by atoms with Gasteiger partial charge in [0.1, 0.15) is 10.4 Å². The van der Waals surface area contributed by atoms with E-state index in [4.69, 9.17) is 9.79 Å². The SMILES string of the molecule is O=P([O-])([O-])C(=NCCCCCN=C(P(=O)([O-])[O-])P(=O)([O-])O)P(=O)([O-])O.[K+].[K+].[K+].[K+].[K+].[K+]. The van der Waals surface area contributed by atoms with Gasteiger partial charge in [0.15, 0.2) is 15.2 Å². The molecular weight excluding hydrogens is 663 g/mol. The number of unbranched alkanes of at least 4 members (excludes halogenated alkanes) is 2. The van der Waals surface area contributed by atoms with Crippen LogP contribution < -0.4 is 338 Å². The van der Waals surface area contributed by atoms with Crippen LogP contribution in [0.3, 0.4) is 0 Å². The van der Waals surface area contributed by atoms with Gasteiger partial charge in [0, 0.05) is 13.1 Å². The van der Waals surface area contributed by atoms with E-state index in [-0.39, 0.29) is 328 Å². The fourth-order valence-electron chi connectivity index (χ4n) is 1.42. The first kappa shape index (κ1) is 56.5. The smallest absolute Gasteiger partial charge is 0.806 e. The molecule has 0 aromatic heterocycles. The molecular formula is C7H12K6N2O12P4. The van der Waals surface area contributed by atoms with Gasteiger partial charge in [-0.05, 0) is 34.5 Å². The van der Waals surface area contributed by atoms with Crippen LogP contribution in [0.25, 0.3) is 0 Å². The van der Waals surface area contributed by atoms with Crippen molar-refractivity contribution >= 4 is 40.8 Å². The molecule has 0 heterocycles. The molecule has 0 saturated heterocycles. The maximum Gasteiger partial charge on any atom is 1.00 e. The van der Waals surface area contributed by atoms with E-state index in [1.807, 2.05) is 0 Å². The first-order chi connectivity index (χ1) is 11.0. The predicted molar refractivity (Wildman–Crippen MR) is 73.3 cm³/mol. The van der Waals surface area contributed by atoms with E-state index >= 15 is 0 Å². The molecule has 31 heavy (non-hydrogen) atoms. The Morgan fingerprint density at radius 2 is 0.774 bits per heavy atom. The molecule has 0 radical (unpaired) electrons. The molecule has 0 saturated carbocycles. The summed E-state index contributed by atoms with van der Waals surface area (Å²) in [7, 11) is -22.8. The largest absolute Gasteiger partial charge is 1.00 e. The van der Waals surface area contributed by atoms with Gasteiger partial charge in [0.25, 0.3) is 0 Å². The fourth-order valence-corrected chi connectivity index (χ4v) is 5.00. The molecule has 2 atom stereocenters. The van der Waals surface area contributed by atoms with Crippen molar-refractivity contribution in [2.75, 3.05) is 13.1 Å². The molecule has 0 bridgehead atoms. The van der Waals surface area contributed by atoms with Crippen molar-refractivity contribution in [3.63, 3.8) is 0 Å². The number of hydrogen-bond donors (Lipinski definition) is 2. The van der Waals surface area contributed by atoms with Crippen molar-refractivity contribution in [3.05, 3.63) is 0 Å². The summed E-state index contributed by atoms with van der Waals surface area (Å²) in [6.07, 6.45) is -0.0232. The van der Waals surface area contributed by atoms with E-state index in [0.29, 0.717) is 0 Å². The zero-order valence-corrected chi connectivity index (χ0v) is 40.5. The van der Waals surface area contributed by atoms with Crippen LogP contribution in [-0.2, 0) is 18.3 Å². The topological polar surface area (TPSA) is 272 Å². The molecule has 148 valence electrons. The van der Waals surface area contributed by atoms with Gasteiger partial charge in [-0.2, -0.15) is 0 Å². The minimum atomic E-state index is -5.80. The van der Waals surface area contributed by atoms with Gasteiger partial charge in [-0.1, -0.05) is 0 Å². The van der Waals surface area contributed by atoms with Gasteiger partial charge >= 0.3 is 308 Å². The maximum atomic E-state index is 10.7. The third-order valence-corrected chi connectivity index (χ3v) is 7.86. The minimum absolute atomic E-state index is 0. The first-order valence-corrected chi connectivity index (χ1v) is 12.4. The average Bonchev–Trinajstić information content (AvgIpc) is 2.30. The van der Waals surface area contributed by atoms with E-state index in [9.17, 15) is 47.6 Å². The molecule has 24 heteroatoms. The molecule has 0 aliphatic heterocycles. The number of hydrogen-bond acceptors (Lipinski definition) is 12. The molecule has 0 aromatic carbocycles. The summed E-state index contributed by atoms with van der Waals surface area (Å²) in [6, 6.07) is 0. The van der Waals surface area contributed by atoms with Crippen LogP contribution in [0, 0.1) is 0 Å². The molecule has 0 aliphatic carbocycles. The molecule has 2 unspecified atom stereocenters. The fraction of sp³-hybridized carbons (Fsp3) is 0.714. The monoisotopic (exact) mass is 674 g/mol. The molecule has 14 nitrogen and oxygen atoms in total. The Morgan fingerprint density at radius 3 is 0.935 bits per heavy atom. The van der Waals surface area contributed by atoms with Crippen molar-refractivity contribution in [2.45, 2.75) is 19.3 Å². The quantitative estimate of drug-likeness (QED) is 0.0946. The summed E-state index contributed by atoms with van der Waals surface area (Å²) in [6.45, 7) is -1.01. The summed E-state index contributed by atoms with van der Waals surface area (Å²) in [5, 5.41) is -3.79. The van der Waals surface area contributed by atoms with Crippen molar-refractivity contribution in [1.82, 2.24) is 0 Å². The van der Waals surface area contributed by atoms with Crippen LogP contribution in [0.4, 0.5) is 0 Å². The Balaban J connectivity index is -0.000000192. The number of rotatable bonds is 10. The Morgan fingerprint density at radius 1 is 0.548 bits per heavy atom. The Hall–Kier alpha value is 9.76. The first-order valence-electron chi connectivity index (χ1n) is 6.20. The van der Waals surface area contributed by atoms with Crippen LogP contribution in [-0.4, -0.2) is 33.3 Å². The predicted octanol–water partition coefficient (Wildman–Crippen LogP) is -22.2. The van der Waals surface area contributed by atoms with Gasteiger partial charge < -0.3 is 57.4 Å². The van der Waals surface area contributed by atoms with E-state index < -0.39 is 53.9 Å². The number of aliphatic imine (C=N–C) groups is 2. The number of nitrogens with zero attached hydrogens (tertiary/aromatic N) is 2. The van der Waals surface area contributed by atoms with Gasteiger partial charge in [0.05, 0.1) is 0 Å². The summed E-state index contributed by atoms with van der Waals surface area (Å²) in [5.41, 5.74) is 0. The summed E-state index contributed by atoms with van der Waals surface area (Å²) in [5.74, 6) is 0. The Bertz CT molecular complexity index is 621. The second-order valence-corrected chi connectivity index (χ2v) is 10.9.